The molecule has 1 saturated heterocycles. The van der Waals surface area contributed by atoms with E-state index in [0.717, 1.165) is 12.6 Å². The van der Waals surface area contributed by atoms with Crippen LogP contribution in [-0.4, -0.2) is 17.1 Å². The Labute approximate surface area is 98.0 Å². The van der Waals surface area contributed by atoms with Gasteiger partial charge in [-0.05, 0) is 29.7 Å². The molecule has 1 aromatic rings. The van der Waals surface area contributed by atoms with Crippen LogP contribution in [0.4, 0.5) is 0 Å². The van der Waals surface area contributed by atoms with E-state index in [0.29, 0.717) is 10.9 Å². The van der Waals surface area contributed by atoms with Crippen molar-refractivity contribution < 1.29 is 4.79 Å². The van der Waals surface area contributed by atoms with Crippen molar-refractivity contribution in [3.8, 4) is 0 Å². The molecule has 0 radical (unpaired) electrons. The predicted octanol–water partition coefficient (Wildman–Crippen LogP) is 3.56. The summed E-state index contributed by atoms with van der Waals surface area (Å²) in [6, 6.07) is 10.7. The van der Waals surface area contributed by atoms with E-state index in [1.54, 1.807) is 0 Å². The SMILES string of the molecule is O=C1CP(Cc2ccccc2)C2(CCC2)C1. The molecule has 2 fully saturated rings. The van der Waals surface area contributed by atoms with Crippen molar-refractivity contribution in [1.29, 1.82) is 0 Å². The van der Waals surface area contributed by atoms with Crippen LogP contribution in [-0.2, 0) is 11.0 Å². The molecule has 1 aromatic carbocycles. The standard InChI is InChI=1S/C14H17OP/c15-13-9-14(7-4-8-14)16(11-13)10-12-5-2-1-3-6-12/h1-3,5-6H,4,7-11H2. The minimum Gasteiger partial charge on any atom is -0.299 e. The Kier molecular flexibility index (Phi) is 2.59. The fourth-order valence-corrected chi connectivity index (χ4v) is 6.34. The Morgan fingerprint density at radius 2 is 1.94 bits per heavy atom. The second-order valence-electron chi connectivity index (χ2n) is 5.14. The fraction of sp³-hybridized carbons (Fsp3) is 0.500. The van der Waals surface area contributed by atoms with E-state index in [1.807, 2.05) is 0 Å². The van der Waals surface area contributed by atoms with Gasteiger partial charge in [-0.2, -0.15) is 0 Å². The van der Waals surface area contributed by atoms with Crippen molar-refractivity contribution >= 4 is 13.7 Å². The molecule has 1 atom stereocenters. The summed E-state index contributed by atoms with van der Waals surface area (Å²) < 4.78 is 0. The second kappa shape index (κ2) is 3.96. The van der Waals surface area contributed by atoms with Gasteiger partial charge in [0.15, 0.2) is 0 Å². The lowest BCUT2D eigenvalue weighted by molar-refractivity contribution is -0.116. The quantitative estimate of drug-likeness (QED) is 0.712. The van der Waals surface area contributed by atoms with Crippen LogP contribution in [0.25, 0.3) is 0 Å². The van der Waals surface area contributed by atoms with Gasteiger partial charge in [0.1, 0.15) is 5.78 Å². The number of hydrogen-bond donors (Lipinski definition) is 0. The van der Waals surface area contributed by atoms with Crippen LogP contribution in [0.3, 0.4) is 0 Å². The maximum Gasteiger partial charge on any atom is 0.138 e. The third kappa shape index (κ3) is 1.72. The van der Waals surface area contributed by atoms with E-state index in [2.05, 4.69) is 30.3 Å². The number of Topliss-reactive ketones (excluding diaryl/α,β-unsaturated/α-hetero) is 1. The monoisotopic (exact) mass is 232 g/mol. The first-order valence-corrected chi connectivity index (χ1v) is 7.80. The first-order valence-electron chi connectivity index (χ1n) is 6.09. The summed E-state index contributed by atoms with van der Waals surface area (Å²) >= 11 is 0. The first kappa shape index (κ1) is 10.5. The lowest BCUT2D eigenvalue weighted by atomic mass is 9.81. The van der Waals surface area contributed by atoms with E-state index >= 15 is 0 Å². The van der Waals surface area contributed by atoms with Crippen molar-refractivity contribution in [3.63, 3.8) is 0 Å². The smallest absolute Gasteiger partial charge is 0.138 e. The maximum atomic E-state index is 11.7. The fourth-order valence-electron chi connectivity index (χ4n) is 3.02. The van der Waals surface area contributed by atoms with Gasteiger partial charge >= 0.3 is 0 Å². The van der Waals surface area contributed by atoms with Crippen molar-refractivity contribution in [2.45, 2.75) is 37.0 Å². The maximum absolute atomic E-state index is 11.7. The van der Waals surface area contributed by atoms with Crippen molar-refractivity contribution in [2.75, 3.05) is 6.16 Å². The molecule has 1 aliphatic heterocycles. The highest BCUT2D eigenvalue weighted by Crippen LogP contribution is 2.67. The summed E-state index contributed by atoms with van der Waals surface area (Å²) in [4.78, 5) is 11.7. The van der Waals surface area contributed by atoms with Crippen molar-refractivity contribution in [1.82, 2.24) is 0 Å². The predicted molar refractivity (Wildman–Crippen MR) is 68.1 cm³/mol. The molecule has 84 valence electrons. The number of ketones is 1. The van der Waals surface area contributed by atoms with Crippen LogP contribution >= 0.6 is 7.92 Å². The molecule has 3 rings (SSSR count). The van der Waals surface area contributed by atoms with E-state index in [4.69, 9.17) is 0 Å². The van der Waals surface area contributed by atoms with Crippen LogP contribution < -0.4 is 0 Å². The number of benzene rings is 1. The Morgan fingerprint density at radius 1 is 1.19 bits per heavy atom. The molecule has 1 nitrogen and oxygen atoms in total. The van der Waals surface area contributed by atoms with Gasteiger partial charge in [0, 0.05) is 12.6 Å². The molecular formula is C14H17OP. The molecule has 0 bridgehead atoms. The normalized spacial score (nSPS) is 27.0. The van der Waals surface area contributed by atoms with E-state index in [9.17, 15) is 4.79 Å². The third-order valence-electron chi connectivity index (χ3n) is 4.06. The van der Waals surface area contributed by atoms with Crippen LogP contribution in [0.5, 0.6) is 0 Å². The Bertz CT molecular complexity index is 394. The Balaban J connectivity index is 1.77. The topological polar surface area (TPSA) is 17.1 Å². The molecule has 1 unspecified atom stereocenters. The van der Waals surface area contributed by atoms with Gasteiger partial charge in [0.25, 0.3) is 0 Å². The van der Waals surface area contributed by atoms with E-state index in [-0.39, 0.29) is 7.92 Å². The molecule has 2 heteroatoms. The molecule has 0 aromatic heterocycles. The summed E-state index contributed by atoms with van der Waals surface area (Å²) in [7, 11) is -0.0691. The van der Waals surface area contributed by atoms with E-state index < -0.39 is 0 Å². The molecule has 1 aliphatic carbocycles. The van der Waals surface area contributed by atoms with Crippen molar-refractivity contribution in [2.24, 2.45) is 0 Å². The zero-order valence-electron chi connectivity index (χ0n) is 9.48. The second-order valence-corrected chi connectivity index (χ2v) is 7.80. The molecule has 0 amide bonds. The summed E-state index contributed by atoms with van der Waals surface area (Å²) in [5, 5.41) is 0.474. The van der Waals surface area contributed by atoms with Crippen LogP contribution in [0, 0.1) is 0 Å². The van der Waals surface area contributed by atoms with Gasteiger partial charge in [0.2, 0.25) is 0 Å². The minimum absolute atomic E-state index is 0.0691. The van der Waals surface area contributed by atoms with Gasteiger partial charge in [-0.1, -0.05) is 44.7 Å². The summed E-state index contributed by atoms with van der Waals surface area (Å²) in [5.41, 5.74) is 1.43. The van der Waals surface area contributed by atoms with Gasteiger partial charge in [-0.3, -0.25) is 4.79 Å². The molecule has 0 N–H and O–H groups in total. The van der Waals surface area contributed by atoms with E-state index in [1.165, 1.54) is 31.0 Å². The number of carbonyl (C=O) groups excluding carboxylic acids is 1. The lowest BCUT2D eigenvalue weighted by Gasteiger charge is -2.43. The zero-order chi connectivity index (χ0) is 11.0. The van der Waals surface area contributed by atoms with Gasteiger partial charge in [-0.25, -0.2) is 0 Å². The largest absolute Gasteiger partial charge is 0.299 e. The minimum atomic E-state index is -0.0691. The molecular weight excluding hydrogens is 215 g/mol. The van der Waals surface area contributed by atoms with Gasteiger partial charge in [0.05, 0.1) is 0 Å². The highest BCUT2D eigenvalue weighted by atomic mass is 31.1. The van der Waals surface area contributed by atoms with Crippen LogP contribution in [0.2, 0.25) is 0 Å². The summed E-state index contributed by atoms with van der Waals surface area (Å²) in [6.45, 7) is 0. The van der Waals surface area contributed by atoms with Crippen molar-refractivity contribution in [3.05, 3.63) is 35.9 Å². The number of hydrogen-bond acceptors (Lipinski definition) is 1. The third-order valence-corrected chi connectivity index (χ3v) is 7.49. The zero-order valence-corrected chi connectivity index (χ0v) is 10.4. The molecule has 1 saturated carbocycles. The number of carbonyl (C=O) groups is 1. The molecule has 1 spiro atoms. The Hall–Kier alpha value is -0.680. The molecule has 1 heterocycles. The average Bonchev–Trinajstić information content (AvgIpc) is 2.56. The van der Waals surface area contributed by atoms with Gasteiger partial charge < -0.3 is 0 Å². The average molecular weight is 232 g/mol. The molecule has 2 aliphatic rings. The molecule has 16 heavy (non-hydrogen) atoms. The van der Waals surface area contributed by atoms with Crippen LogP contribution in [0.1, 0.15) is 31.2 Å². The number of rotatable bonds is 2. The summed E-state index contributed by atoms with van der Waals surface area (Å²) in [6.07, 6.45) is 6.94. The lowest BCUT2D eigenvalue weighted by Crippen LogP contribution is -2.32. The highest BCUT2D eigenvalue weighted by Gasteiger charge is 2.49. The van der Waals surface area contributed by atoms with Crippen LogP contribution in [0.15, 0.2) is 30.3 Å². The first-order chi connectivity index (χ1) is 7.78. The Morgan fingerprint density at radius 3 is 2.56 bits per heavy atom. The summed E-state index contributed by atoms with van der Waals surface area (Å²) in [5.74, 6) is 0.529. The van der Waals surface area contributed by atoms with Gasteiger partial charge in [-0.15, -0.1) is 0 Å². The highest BCUT2D eigenvalue weighted by molar-refractivity contribution is 7.60.